The lowest BCUT2D eigenvalue weighted by Gasteiger charge is -2.14. The maximum absolute atomic E-state index is 11.1. The van der Waals surface area contributed by atoms with Crippen molar-refractivity contribution in [2.24, 2.45) is 11.7 Å². The summed E-state index contributed by atoms with van der Waals surface area (Å²) in [6.07, 6.45) is 2.46. The van der Waals surface area contributed by atoms with E-state index in [0.717, 1.165) is 12.8 Å². The van der Waals surface area contributed by atoms with E-state index in [-0.39, 0.29) is 11.9 Å². The van der Waals surface area contributed by atoms with Crippen molar-refractivity contribution in [1.29, 1.82) is 0 Å². The van der Waals surface area contributed by atoms with E-state index in [1.165, 1.54) is 0 Å². The van der Waals surface area contributed by atoms with E-state index in [4.69, 9.17) is 5.73 Å². The summed E-state index contributed by atoms with van der Waals surface area (Å²) in [5.41, 5.74) is 5.80. The smallest absolute Gasteiger partial charge is 0.220 e. The number of amides is 1. The van der Waals surface area contributed by atoms with Gasteiger partial charge in [-0.05, 0) is 18.8 Å². The molecule has 0 rings (SSSR count). The molecule has 1 unspecified atom stereocenters. The van der Waals surface area contributed by atoms with Gasteiger partial charge in [0, 0.05) is 19.0 Å². The fourth-order valence-corrected chi connectivity index (χ4v) is 1.25. The number of hydrogen-bond acceptors (Lipinski definition) is 2. The third-order valence-electron chi connectivity index (χ3n) is 1.81. The van der Waals surface area contributed by atoms with Crippen LogP contribution in [0.15, 0.2) is 0 Å². The Morgan fingerprint density at radius 3 is 2.54 bits per heavy atom. The van der Waals surface area contributed by atoms with Gasteiger partial charge in [0.2, 0.25) is 5.91 Å². The quantitative estimate of drug-likeness (QED) is 0.656. The van der Waals surface area contributed by atoms with Crippen LogP contribution in [0.2, 0.25) is 0 Å². The Bertz CT molecular complexity index is 146. The minimum absolute atomic E-state index is 0.0980. The SMILES string of the molecule is CCCC(=O)NCC(N)CC(C)C. The first-order valence-electron chi connectivity index (χ1n) is 5.08. The highest BCUT2D eigenvalue weighted by atomic mass is 16.1. The number of nitrogens with one attached hydrogen (secondary N) is 1. The summed E-state index contributed by atoms with van der Waals surface area (Å²) in [6, 6.07) is 0.0980. The predicted molar refractivity (Wildman–Crippen MR) is 55.3 cm³/mol. The second kappa shape index (κ2) is 6.89. The Labute approximate surface area is 81.1 Å². The maximum atomic E-state index is 11.1. The van der Waals surface area contributed by atoms with Crippen molar-refractivity contribution in [2.45, 2.75) is 46.1 Å². The van der Waals surface area contributed by atoms with Crippen LogP contribution in [0.25, 0.3) is 0 Å². The molecule has 0 radical (unpaired) electrons. The van der Waals surface area contributed by atoms with Crippen LogP contribution < -0.4 is 11.1 Å². The third-order valence-corrected chi connectivity index (χ3v) is 1.81. The van der Waals surface area contributed by atoms with Crippen molar-refractivity contribution < 1.29 is 4.79 Å². The lowest BCUT2D eigenvalue weighted by atomic mass is 10.0. The van der Waals surface area contributed by atoms with Gasteiger partial charge in [0.25, 0.3) is 0 Å². The summed E-state index contributed by atoms with van der Waals surface area (Å²) in [5, 5.41) is 2.82. The molecule has 3 heteroatoms. The monoisotopic (exact) mass is 186 g/mol. The highest BCUT2D eigenvalue weighted by molar-refractivity contribution is 5.75. The molecule has 0 aliphatic rings. The topological polar surface area (TPSA) is 55.1 Å². The zero-order valence-corrected chi connectivity index (χ0v) is 8.97. The first-order chi connectivity index (χ1) is 6.06. The molecule has 0 aliphatic carbocycles. The largest absolute Gasteiger partial charge is 0.355 e. The van der Waals surface area contributed by atoms with Crippen molar-refractivity contribution >= 4 is 5.91 Å². The molecule has 0 saturated carbocycles. The van der Waals surface area contributed by atoms with Gasteiger partial charge in [0.1, 0.15) is 0 Å². The van der Waals surface area contributed by atoms with Crippen LogP contribution in [0.1, 0.15) is 40.0 Å². The molecule has 0 aromatic rings. The van der Waals surface area contributed by atoms with Crippen LogP contribution in [-0.4, -0.2) is 18.5 Å². The summed E-state index contributed by atoms with van der Waals surface area (Å²) in [5.74, 6) is 0.708. The second-order valence-electron chi connectivity index (χ2n) is 3.94. The van der Waals surface area contributed by atoms with Crippen LogP contribution in [0.3, 0.4) is 0 Å². The van der Waals surface area contributed by atoms with E-state index < -0.39 is 0 Å². The van der Waals surface area contributed by atoms with Crippen LogP contribution in [0.4, 0.5) is 0 Å². The zero-order valence-electron chi connectivity index (χ0n) is 8.97. The minimum atomic E-state index is 0.0980. The van der Waals surface area contributed by atoms with E-state index >= 15 is 0 Å². The molecule has 1 atom stereocenters. The summed E-state index contributed by atoms with van der Waals surface area (Å²) in [6.45, 7) is 6.87. The van der Waals surface area contributed by atoms with Gasteiger partial charge in [-0.15, -0.1) is 0 Å². The molecule has 3 nitrogen and oxygen atoms in total. The Morgan fingerprint density at radius 2 is 2.08 bits per heavy atom. The summed E-state index contributed by atoms with van der Waals surface area (Å²) in [4.78, 5) is 11.1. The Balaban J connectivity index is 3.45. The Morgan fingerprint density at radius 1 is 1.46 bits per heavy atom. The zero-order chi connectivity index (χ0) is 10.3. The molecule has 0 aromatic carbocycles. The van der Waals surface area contributed by atoms with Gasteiger partial charge in [-0.25, -0.2) is 0 Å². The lowest BCUT2D eigenvalue weighted by Crippen LogP contribution is -2.37. The summed E-state index contributed by atoms with van der Waals surface area (Å²) in [7, 11) is 0. The van der Waals surface area contributed by atoms with Crippen molar-refractivity contribution in [3.63, 3.8) is 0 Å². The highest BCUT2D eigenvalue weighted by Gasteiger charge is 2.06. The predicted octanol–water partition coefficient (Wildman–Crippen LogP) is 1.28. The summed E-state index contributed by atoms with van der Waals surface area (Å²) >= 11 is 0. The van der Waals surface area contributed by atoms with Crippen molar-refractivity contribution in [3.8, 4) is 0 Å². The Kier molecular flexibility index (Phi) is 6.59. The van der Waals surface area contributed by atoms with Crippen molar-refractivity contribution in [2.75, 3.05) is 6.54 Å². The fraction of sp³-hybridized carbons (Fsp3) is 0.900. The van der Waals surface area contributed by atoms with Gasteiger partial charge in [0.15, 0.2) is 0 Å². The van der Waals surface area contributed by atoms with Crippen molar-refractivity contribution in [1.82, 2.24) is 5.32 Å². The third kappa shape index (κ3) is 7.78. The number of carbonyl (C=O) groups excluding carboxylic acids is 1. The van der Waals surface area contributed by atoms with Crippen LogP contribution in [-0.2, 0) is 4.79 Å². The number of carbonyl (C=O) groups is 1. The van der Waals surface area contributed by atoms with Crippen molar-refractivity contribution in [3.05, 3.63) is 0 Å². The molecule has 0 heterocycles. The molecule has 1 amide bonds. The second-order valence-corrected chi connectivity index (χ2v) is 3.94. The van der Waals surface area contributed by atoms with E-state index in [2.05, 4.69) is 19.2 Å². The van der Waals surface area contributed by atoms with E-state index in [1.807, 2.05) is 6.92 Å². The van der Waals surface area contributed by atoms with Gasteiger partial charge >= 0.3 is 0 Å². The molecule has 0 spiro atoms. The molecule has 78 valence electrons. The van der Waals surface area contributed by atoms with Crippen LogP contribution in [0, 0.1) is 5.92 Å². The molecule has 3 N–H and O–H groups in total. The first-order valence-corrected chi connectivity index (χ1v) is 5.08. The molecule has 0 bridgehead atoms. The molecule has 0 fully saturated rings. The molecular weight excluding hydrogens is 164 g/mol. The molecule has 0 saturated heterocycles. The Hall–Kier alpha value is -0.570. The van der Waals surface area contributed by atoms with Crippen LogP contribution in [0.5, 0.6) is 0 Å². The number of rotatable bonds is 6. The van der Waals surface area contributed by atoms with Gasteiger partial charge in [-0.1, -0.05) is 20.8 Å². The van der Waals surface area contributed by atoms with Gasteiger partial charge in [0.05, 0.1) is 0 Å². The maximum Gasteiger partial charge on any atom is 0.220 e. The fourth-order valence-electron chi connectivity index (χ4n) is 1.25. The average Bonchev–Trinajstić information content (AvgIpc) is 2.00. The normalized spacial score (nSPS) is 13.0. The van der Waals surface area contributed by atoms with Crippen LogP contribution >= 0.6 is 0 Å². The highest BCUT2D eigenvalue weighted by Crippen LogP contribution is 2.01. The van der Waals surface area contributed by atoms with Gasteiger partial charge in [-0.3, -0.25) is 4.79 Å². The van der Waals surface area contributed by atoms with Gasteiger partial charge < -0.3 is 11.1 Å². The molecule has 0 aliphatic heterocycles. The number of hydrogen-bond donors (Lipinski definition) is 2. The minimum Gasteiger partial charge on any atom is -0.355 e. The standard InChI is InChI=1S/C10H22N2O/c1-4-5-10(13)12-7-9(11)6-8(2)3/h8-9H,4-7,11H2,1-3H3,(H,12,13). The lowest BCUT2D eigenvalue weighted by molar-refractivity contribution is -0.121. The molecule has 13 heavy (non-hydrogen) atoms. The van der Waals surface area contributed by atoms with E-state index in [9.17, 15) is 4.79 Å². The molecule has 0 aromatic heterocycles. The van der Waals surface area contributed by atoms with E-state index in [1.54, 1.807) is 0 Å². The van der Waals surface area contributed by atoms with Gasteiger partial charge in [-0.2, -0.15) is 0 Å². The molecular formula is C10H22N2O. The van der Waals surface area contributed by atoms with E-state index in [0.29, 0.717) is 18.9 Å². The average molecular weight is 186 g/mol. The number of nitrogens with two attached hydrogens (primary N) is 1. The summed E-state index contributed by atoms with van der Waals surface area (Å²) < 4.78 is 0. The first kappa shape index (κ1) is 12.4.